The topological polar surface area (TPSA) is 47.8 Å². The standard InChI is InChI=1S/C13H14ClN3O/c1-2-7-17-12(9-15-16-17)13(18)8-10-5-3-4-6-11(10)14/h3-6,9H,2,7-8H2,1H3. The average molecular weight is 264 g/mol. The lowest BCUT2D eigenvalue weighted by molar-refractivity contribution is 0.0982. The summed E-state index contributed by atoms with van der Waals surface area (Å²) in [7, 11) is 0. The van der Waals surface area contributed by atoms with Crippen LogP contribution in [0.4, 0.5) is 0 Å². The first-order valence-electron chi connectivity index (χ1n) is 5.87. The minimum Gasteiger partial charge on any atom is -0.292 e. The number of rotatable bonds is 5. The van der Waals surface area contributed by atoms with Crippen LogP contribution in [0, 0.1) is 0 Å². The highest BCUT2D eigenvalue weighted by Crippen LogP contribution is 2.17. The predicted molar refractivity (Wildman–Crippen MR) is 69.8 cm³/mol. The fourth-order valence-corrected chi connectivity index (χ4v) is 1.96. The summed E-state index contributed by atoms with van der Waals surface area (Å²) in [6.45, 7) is 2.73. The summed E-state index contributed by atoms with van der Waals surface area (Å²) in [6.07, 6.45) is 2.70. The van der Waals surface area contributed by atoms with Crippen molar-refractivity contribution in [1.82, 2.24) is 15.0 Å². The molecule has 1 aromatic heterocycles. The number of carbonyl (C=O) groups excluding carboxylic acids is 1. The quantitative estimate of drug-likeness (QED) is 0.780. The number of carbonyl (C=O) groups is 1. The molecule has 0 aliphatic rings. The highest BCUT2D eigenvalue weighted by Gasteiger charge is 2.14. The molecule has 0 aliphatic carbocycles. The molecule has 1 aromatic carbocycles. The summed E-state index contributed by atoms with van der Waals surface area (Å²) in [5.74, 6) is -0.0125. The number of benzene rings is 1. The van der Waals surface area contributed by atoms with E-state index in [1.807, 2.05) is 25.1 Å². The van der Waals surface area contributed by atoms with Crippen LogP contribution in [0.5, 0.6) is 0 Å². The molecule has 0 radical (unpaired) electrons. The number of halogens is 1. The molecule has 0 saturated heterocycles. The molecule has 0 fully saturated rings. The van der Waals surface area contributed by atoms with Crippen molar-refractivity contribution in [3.8, 4) is 0 Å². The van der Waals surface area contributed by atoms with Gasteiger partial charge in [-0.3, -0.25) is 4.79 Å². The number of hydrogen-bond donors (Lipinski definition) is 0. The molecule has 0 atom stereocenters. The van der Waals surface area contributed by atoms with Crippen molar-refractivity contribution >= 4 is 17.4 Å². The van der Waals surface area contributed by atoms with Crippen LogP contribution in [0.15, 0.2) is 30.5 Å². The normalized spacial score (nSPS) is 10.6. The van der Waals surface area contributed by atoms with Gasteiger partial charge in [0.1, 0.15) is 5.69 Å². The van der Waals surface area contributed by atoms with E-state index in [2.05, 4.69) is 10.3 Å². The molecule has 5 heteroatoms. The van der Waals surface area contributed by atoms with E-state index in [0.29, 0.717) is 17.3 Å². The zero-order valence-electron chi connectivity index (χ0n) is 10.1. The van der Waals surface area contributed by atoms with Crippen LogP contribution in [-0.2, 0) is 13.0 Å². The third-order valence-electron chi connectivity index (χ3n) is 2.65. The number of Topliss-reactive ketones (excluding diaryl/α,β-unsaturated/α-hetero) is 1. The summed E-state index contributed by atoms with van der Waals surface area (Å²) in [6, 6.07) is 7.36. The molecule has 0 spiro atoms. The van der Waals surface area contributed by atoms with Crippen LogP contribution in [0.2, 0.25) is 5.02 Å². The molecule has 2 aromatic rings. The number of aryl methyl sites for hydroxylation is 1. The Morgan fingerprint density at radius 3 is 2.89 bits per heavy atom. The van der Waals surface area contributed by atoms with Gasteiger partial charge in [0, 0.05) is 18.0 Å². The van der Waals surface area contributed by atoms with Gasteiger partial charge >= 0.3 is 0 Å². The van der Waals surface area contributed by atoms with Gasteiger partial charge in [-0.1, -0.05) is 41.9 Å². The highest BCUT2D eigenvalue weighted by molar-refractivity contribution is 6.31. The predicted octanol–water partition coefficient (Wildman–Crippen LogP) is 2.77. The highest BCUT2D eigenvalue weighted by atomic mass is 35.5. The van der Waals surface area contributed by atoms with Crippen LogP contribution < -0.4 is 0 Å². The van der Waals surface area contributed by atoms with Crippen LogP contribution in [0.25, 0.3) is 0 Å². The summed E-state index contributed by atoms with van der Waals surface area (Å²) >= 11 is 6.04. The van der Waals surface area contributed by atoms with Crippen molar-refractivity contribution in [3.05, 3.63) is 46.7 Å². The molecule has 0 amide bonds. The van der Waals surface area contributed by atoms with Crippen molar-refractivity contribution in [2.75, 3.05) is 0 Å². The lowest BCUT2D eigenvalue weighted by Gasteiger charge is -2.05. The van der Waals surface area contributed by atoms with Gasteiger partial charge in [-0.15, -0.1) is 5.10 Å². The van der Waals surface area contributed by atoms with Gasteiger partial charge in [-0.25, -0.2) is 4.68 Å². The van der Waals surface area contributed by atoms with E-state index in [1.54, 1.807) is 10.7 Å². The van der Waals surface area contributed by atoms with Gasteiger partial charge < -0.3 is 0 Å². The molecule has 0 saturated carbocycles. The van der Waals surface area contributed by atoms with E-state index in [-0.39, 0.29) is 12.2 Å². The second kappa shape index (κ2) is 5.78. The molecule has 94 valence electrons. The van der Waals surface area contributed by atoms with Crippen LogP contribution in [0.1, 0.15) is 29.4 Å². The number of aromatic nitrogens is 3. The number of nitrogens with zero attached hydrogens (tertiary/aromatic N) is 3. The Morgan fingerprint density at radius 1 is 1.39 bits per heavy atom. The zero-order chi connectivity index (χ0) is 13.0. The van der Waals surface area contributed by atoms with Gasteiger partial charge in [0.05, 0.1) is 6.20 Å². The fourth-order valence-electron chi connectivity index (χ4n) is 1.76. The van der Waals surface area contributed by atoms with E-state index in [9.17, 15) is 4.79 Å². The summed E-state index contributed by atoms with van der Waals surface area (Å²) in [5.41, 5.74) is 1.37. The Hall–Kier alpha value is -1.68. The van der Waals surface area contributed by atoms with E-state index < -0.39 is 0 Å². The zero-order valence-corrected chi connectivity index (χ0v) is 10.9. The molecule has 0 bridgehead atoms. The third kappa shape index (κ3) is 2.76. The van der Waals surface area contributed by atoms with E-state index >= 15 is 0 Å². The Labute approximate surface area is 111 Å². The first-order valence-corrected chi connectivity index (χ1v) is 6.25. The summed E-state index contributed by atoms with van der Waals surface area (Å²) in [4.78, 5) is 12.2. The van der Waals surface area contributed by atoms with Crippen molar-refractivity contribution in [1.29, 1.82) is 0 Å². The van der Waals surface area contributed by atoms with Gasteiger partial charge in [-0.2, -0.15) is 0 Å². The Morgan fingerprint density at radius 2 is 2.17 bits per heavy atom. The monoisotopic (exact) mass is 263 g/mol. The molecule has 4 nitrogen and oxygen atoms in total. The second-order valence-corrected chi connectivity index (χ2v) is 4.44. The van der Waals surface area contributed by atoms with Crippen molar-refractivity contribution in [3.63, 3.8) is 0 Å². The van der Waals surface area contributed by atoms with E-state index in [0.717, 1.165) is 12.0 Å². The SMILES string of the molecule is CCCn1nncc1C(=O)Cc1ccccc1Cl. The van der Waals surface area contributed by atoms with E-state index in [4.69, 9.17) is 11.6 Å². The Kier molecular flexibility index (Phi) is 4.10. The molecule has 0 unspecified atom stereocenters. The first kappa shape index (κ1) is 12.8. The molecule has 2 rings (SSSR count). The van der Waals surface area contributed by atoms with Gasteiger partial charge in [-0.05, 0) is 18.1 Å². The van der Waals surface area contributed by atoms with Crippen LogP contribution >= 0.6 is 11.6 Å². The molecule has 1 heterocycles. The lowest BCUT2D eigenvalue weighted by Crippen LogP contribution is -2.12. The molecule has 0 N–H and O–H groups in total. The fraction of sp³-hybridized carbons (Fsp3) is 0.308. The van der Waals surface area contributed by atoms with Gasteiger partial charge in [0.15, 0.2) is 5.78 Å². The van der Waals surface area contributed by atoms with Crippen LogP contribution in [-0.4, -0.2) is 20.8 Å². The maximum atomic E-state index is 12.2. The maximum Gasteiger partial charge on any atom is 0.186 e. The third-order valence-corrected chi connectivity index (χ3v) is 3.02. The van der Waals surface area contributed by atoms with Crippen molar-refractivity contribution in [2.24, 2.45) is 0 Å². The molecular weight excluding hydrogens is 250 g/mol. The van der Waals surface area contributed by atoms with Crippen molar-refractivity contribution < 1.29 is 4.79 Å². The Bertz CT molecular complexity index is 551. The minimum atomic E-state index is -0.0125. The summed E-state index contributed by atoms with van der Waals surface area (Å²) < 4.78 is 1.64. The second-order valence-electron chi connectivity index (χ2n) is 4.03. The maximum absolute atomic E-state index is 12.2. The average Bonchev–Trinajstić information content (AvgIpc) is 2.81. The number of ketones is 1. The lowest BCUT2D eigenvalue weighted by atomic mass is 10.1. The molecule has 18 heavy (non-hydrogen) atoms. The van der Waals surface area contributed by atoms with Crippen molar-refractivity contribution in [2.45, 2.75) is 26.3 Å². The van der Waals surface area contributed by atoms with Crippen LogP contribution in [0.3, 0.4) is 0 Å². The van der Waals surface area contributed by atoms with Gasteiger partial charge in [0.25, 0.3) is 0 Å². The van der Waals surface area contributed by atoms with E-state index in [1.165, 1.54) is 6.20 Å². The summed E-state index contributed by atoms with van der Waals surface area (Å²) in [5, 5.41) is 8.30. The smallest absolute Gasteiger partial charge is 0.186 e. The largest absolute Gasteiger partial charge is 0.292 e. The molecular formula is C13H14ClN3O. The van der Waals surface area contributed by atoms with Gasteiger partial charge in [0.2, 0.25) is 0 Å². The number of hydrogen-bond acceptors (Lipinski definition) is 3. The molecule has 0 aliphatic heterocycles. The minimum absolute atomic E-state index is 0.0125. The Balaban J connectivity index is 2.17. The first-order chi connectivity index (χ1) is 8.72.